The van der Waals surface area contributed by atoms with Crippen LogP contribution in [0.15, 0.2) is 46.9 Å². The van der Waals surface area contributed by atoms with Crippen LogP contribution in [-0.2, 0) is 20.7 Å². The molecule has 0 radical (unpaired) electrons. The Morgan fingerprint density at radius 1 is 1.14 bits per heavy atom. The van der Waals surface area contributed by atoms with Gasteiger partial charge in [0.15, 0.2) is 0 Å². The van der Waals surface area contributed by atoms with E-state index in [2.05, 4.69) is 5.32 Å². The molecule has 1 amide bonds. The van der Waals surface area contributed by atoms with Crippen molar-refractivity contribution in [2.75, 3.05) is 7.11 Å². The van der Waals surface area contributed by atoms with Gasteiger partial charge in [0.1, 0.15) is 17.2 Å². The lowest BCUT2D eigenvalue weighted by Gasteiger charge is -2.25. The van der Waals surface area contributed by atoms with E-state index in [1.807, 2.05) is 42.5 Å². The fourth-order valence-electron chi connectivity index (χ4n) is 4.00. The topological polar surface area (TPSA) is 94.6 Å². The summed E-state index contributed by atoms with van der Waals surface area (Å²) in [6.07, 6.45) is 3.43. The molecule has 0 unspecified atom stereocenters. The van der Waals surface area contributed by atoms with Crippen LogP contribution in [0, 0.1) is 0 Å². The summed E-state index contributed by atoms with van der Waals surface area (Å²) in [5.41, 5.74) is 7.77. The summed E-state index contributed by atoms with van der Waals surface area (Å²) in [6, 6.07) is 12.9. The van der Waals surface area contributed by atoms with Crippen LogP contribution in [0.5, 0.6) is 0 Å². The molecule has 1 atom stereocenters. The minimum Gasteiger partial charge on any atom is -0.467 e. The van der Waals surface area contributed by atoms with Crippen molar-refractivity contribution in [3.05, 3.63) is 48.0 Å². The fraction of sp³-hybridized carbons (Fsp3) is 0.364. The lowest BCUT2D eigenvalue weighted by molar-refractivity contribution is -0.145. The molecule has 1 aliphatic carbocycles. The summed E-state index contributed by atoms with van der Waals surface area (Å²) in [4.78, 5) is 24.9. The number of benzene rings is 2. The van der Waals surface area contributed by atoms with E-state index in [1.54, 1.807) is 0 Å². The van der Waals surface area contributed by atoms with Crippen molar-refractivity contribution in [3.63, 3.8) is 0 Å². The van der Waals surface area contributed by atoms with Crippen LogP contribution in [0.4, 0.5) is 0 Å². The van der Waals surface area contributed by atoms with Crippen molar-refractivity contribution in [1.82, 2.24) is 5.32 Å². The van der Waals surface area contributed by atoms with E-state index in [-0.39, 0.29) is 5.91 Å². The average Bonchev–Trinajstić information content (AvgIpc) is 3.30. The Bertz CT molecular complexity index is 1030. The Hall–Kier alpha value is -2.86. The Morgan fingerprint density at radius 3 is 2.61 bits per heavy atom. The van der Waals surface area contributed by atoms with Crippen molar-refractivity contribution in [1.29, 1.82) is 0 Å². The zero-order chi connectivity index (χ0) is 19.7. The Labute approximate surface area is 163 Å². The van der Waals surface area contributed by atoms with Gasteiger partial charge in [0.2, 0.25) is 5.91 Å². The first-order chi connectivity index (χ1) is 13.5. The molecule has 28 heavy (non-hydrogen) atoms. The number of ether oxygens (including phenoxy) is 1. The maximum Gasteiger partial charge on any atom is 0.328 e. The molecule has 1 saturated carbocycles. The molecule has 0 aliphatic heterocycles. The minimum atomic E-state index is -0.894. The zero-order valence-electron chi connectivity index (χ0n) is 15.9. The maximum atomic E-state index is 12.7. The Kier molecular flexibility index (Phi) is 4.81. The number of carbonyl (C=O) groups excluding carboxylic acids is 2. The SMILES string of the molecule is COC(=O)[C@H](Cc1ccc2c(c1)oc1ccccc12)NC(=O)C1(N)CCCC1. The molecule has 0 spiro atoms. The molecule has 6 nitrogen and oxygen atoms in total. The predicted molar refractivity (Wildman–Crippen MR) is 107 cm³/mol. The molecule has 6 heteroatoms. The van der Waals surface area contributed by atoms with Gasteiger partial charge in [-0.25, -0.2) is 4.79 Å². The summed E-state index contributed by atoms with van der Waals surface area (Å²) in [5.74, 6) is -0.773. The van der Waals surface area contributed by atoms with E-state index in [4.69, 9.17) is 14.9 Å². The van der Waals surface area contributed by atoms with Gasteiger partial charge < -0.3 is 20.2 Å². The highest BCUT2D eigenvalue weighted by Crippen LogP contribution is 2.30. The molecular weight excluding hydrogens is 356 g/mol. The quantitative estimate of drug-likeness (QED) is 0.664. The number of nitrogens with two attached hydrogens (primary N) is 1. The number of methoxy groups -OCH3 is 1. The first kappa shape index (κ1) is 18.5. The molecule has 146 valence electrons. The molecule has 2 aromatic carbocycles. The van der Waals surface area contributed by atoms with E-state index < -0.39 is 17.6 Å². The van der Waals surface area contributed by atoms with E-state index in [1.165, 1.54) is 7.11 Å². The third-order valence-corrected chi connectivity index (χ3v) is 5.62. The van der Waals surface area contributed by atoms with Crippen LogP contribution in [-0.4, -0.2) is 30.6 Å². The van der Waals surface area contributed by atoms with E-state index in [0.29, 0.717) is 19.3 Å². The average molecular weight is 380 g/mol. The summed E-state index contributed by atoms with van der Waals surface area (Å²) in [7, 11) is 1.32. The monoisotopic (exact) mass is 380 g/mol. The summed E-state index contributed by atoms with van der Waals surface area (Å²) >= 11 is 0. The lowest BCUT2D eigenvalue weighted by atomic mass is 9.96. The van der Waals surface area contributed by atoms with Crippen LogP contribution < -0.4 is 11.1 Å². The molecule has 0 saturated heterocycles. The highest BCUT2D eigenvalue weighted by Gasteiger charge is 2.39. The van der Waals surface area contributed by atoms with Gasteiger partial charge in [-0.15, -0.1) is 0 Å². The highest BCUT2D eigenvalue weighted by molar-refractivity contribution is 6.04. The molecule has 0 bridgehead atoms. The first-order valence-corrected chi connectivity index (χ1v) is 9.58. The van der Waals surface area contributed by atoms with Gasteiger partial charge in [-0.1, -0.05) is 43.2 Å². The molecule has 4 rings (SSSR count). The number of para-hydroxylation sites is 1. The standard InChI is InChI=1S/C22H24N2O4/c1-27-20(25)17(24-21(26)22(23)10-4-5-11-22)12-14-8-9-16-15-6-2-3-7-18(15)28-19(16)13-14/h2-3,6-9,13,17H,4-5,10-12,23H2,1H3,(H,24,26)/t17-/m0/s1. The molecule has 1 heterocycles. The number of hydrogen-bond donors (Lipinski definition) is 2. The maximum absolute atomic E-state index is 12.7. The van der Waals surface area contributed by atoms with Gasteiger partial charge in [-0.2, -0.15) is 0 Å². The van der Waals surface area contributed by atoms with E-state index >= 15 is 0 Å². The Morgan fingerprint density at radius 2 is 1.86 bits per heavy atom. The van der Waals surface area contributed by atoms with Gasteiger partial charge >= 0.3 is 5.97 Å². The van der Waals surface area contributed by atoms with Crippen LogP contribution in [0.2, 0.25) is 0 Å². The van der Waals surface area contributed by atoms with Gasteiger partial charge in [-0.3, -0.25) is 4.79 Å². The third kappa shape index (κ3) is 3.36. The first-order valence-electron chi connectivity index (χ1n) is 9.58. The molecule has 1 aromatic heterocycles. The number of esters is 1. The second kappa shape index (κ2) is 7.28. The number of carbonyl (C=O) groups is 2. The number of hydrogen-bond acceptors (Lipinski definition) is 5. The third-order valence-electron chi connectivity index (χ3n) is 5.62. The number of amides is 1. The number of nitrogens with one attached hydrogen (secondary N) is 1. The molecule has 1 aliphatic rings. The van der Waals surface area contributed by atoms with E-state index in [0.717, 1.165) is 40.3 Å². The summed E-state index contributed by atoms with van der Waals surface area (Å²) in [5, 5.41) is 4.87. The number of furan rings is 1. The van der Waals surface area contributed by atoms with Crippen LogP contribution in [0.1, 0.15) is 31.2 Å². The van der Waals surface area contributed by atoms with E-state index in [9.17, 15) is 9.59 Å². The van der Waals surface area contributed by atoms with Crippen LogP contribution in [0.3, 0.4) is 0 Å². The van der Waals surface area contributed by atoms with Crippen molar-refractivity contribution in [3.8, 4) is 0 Å². The molecule has 3 N–H and O–H groups in total. The zero-order valence-corrected chi connectivity index (χ0v) is 15.9. The molecule has 1 fully saturated rings. The fourth-order valence-corrected chi connectivity index (χ4v) is 4.00. The van der Waals surface area contributed by atoms with Gasteiger partial charge in [0, 0.05) is 17.2 Å². The smallest absolute Gasteiger partial charge is 0.328 e. The highest BCUT2D eigenvalue weighted by atomic mass is 16.5. The van der Waals surface area contributed by atoms with Gasteiger partial charge in [0.25, 0.3) is 0 Å². The minimum absolute atomic E-state index is 0.287. The molecular formula is C22H24N2O4. The van der Waals surface area contributed by atoms with Gasteiger partial charge in [0.05, 0.1) is 12.6 Å². The van der Waals surface area contributed by atoms with Gasteiger partial charge in [-0.05, 0) is 30.5 Å². The lowest BCUT2D eigenvalue weighted by Crippen LogP contribution is -2.56. The second-order valence-corrected chi connectivity index (χ2v) is 7.55. The largest absolute Gasteiger partial charge is 0.467 e. The van der Waals surface area contributed by atoms with Crippen molar-refractivity contribution >= 4 is 33.8 Å². The van der Waals surface area contributed by atoms with Crippen LogP contribution in [0.25, 0.3) is 21.9 Å². The molecule has 3 aromatic rings. The summed E-state index contributed by atoms with van der Waals surface area (Å²) < 4.78 is 10.8. The van der Waals surface area contributed by atoms with Crippen molar-refractivity contribution in [2.24, 2.45) is 5.73 Å². The number of fused-ring (bicyclic) bond motifs is 3. The van der Waals surface area contributed by atoms with Crippen LogP contribution >= 0.6 is 0 Å². The Balaban J connectivity index is 1.58. The van der Waals surface area contributed by atoms with Crippen molar-refractivity contribution in [2.45, 2.75) is 43.7 Å². The predicted octanol–water partition coefficient (Wildman–Crippen LogP) is 3.06. The normalized spacial score (nSPS) is 16.9. The number of rotatable bonds is 5. The second-order valence-electron chi connectivity index (χ2n) is 7.55. The summed E-state index contributed by atoms with van der Waals surface area (Å²) in [6.45, 7) is 0. The van der Waals surface area contributed by atoms with Crippen molar-refractivity contribution < 1.29 is 18.7 Å².